The van der Waals surface area contributed by atoms with Gasteiger partial charge in [0.25, 0.3) is 0 Å². The van der Waals surface area contributed by atoms with Crippen LogP contribution in [0.2, 0.25) is 0 Å². The first-order valence-electron chi connectivity index (χ1n) is 7.30. The Morgan fingerprint density at radius 2 is 1.95 bits per heavy atom. The van der Waals surface area contributed by atoms with E-state index in [4.69, 9.17) is 15.3 Å². The molecule has 8 nitrogen and oxygen atoms in total. The van der Waals surface area contributed by atoms with E-state index in [2.05, 4.69) is 34.2 Å². The number of ether oxygens (including phenoxy) is 2. The number of nitrogens with one attached hydrogen (secondary N) is 1. The van der Waals surface area contributed by atoms with Crippen LogP contribution in [0.5, 0.6) is 6.01 Å². The zero-order valence-electron chi connectivity index (χ0n) is 12.9. The lowest BCUT2D eigenvalue weighted by atomic mass is 10.1. The summed E-state index contributed by atoms with van der Waals surface area (Å²) in [5.41, 5.74) is 2.46. The van der Waals surface area contributed by atoms with E-state index >= 15 is 0 Å². The Kier molecular flexibility index (Phi) is 5.51. The van der Waals surface area contributed by atoms with Crippen molar-refractivity contribution < 1.29 is 9.47 Å². The molecule has 0 radical (unpaired) electrons. The summed E-state index contributed by atoms with van der Waals surface area (Å²) in [5, 5.41) is 0. The van der Waals surface area contributed by atoms with Gasteiger partial charge in [0.15, 0.2) is 0 Å². The Morgan fingerprint density at radius 3 is 2.57 bits per heavy atom. The van der Waals surface area contributed by atoms with E-state index in [-0.39, 0.29) is 6.10 Å². The van der Waals surface area contributed by atoms with Crippen LogP contribution in [0.1, 0.15) is 27.2 Å². The summed E-state index contributed by atoms with van der Waals surface area (Å²) in [6.45, 7) is 9.13. The van der Waals surface area contributed by atoms with Crippen molar-refractivity contribution in [2.75, 3.05) is 36.6 Å². The third-order valence-corrected chi connectivity index (χ3v) is 3.14. The number of morpholine rings is 1. The summed E-state index contributed by atoms with van der Waals surface area (Å²) in [5.74, 6) is 6.84. The molecule has 1 aliphatic rings. The van der Waals surface area contributed by atoms with Crippen LogP contribution in [0, 0.1) is 5.92 Å². The maximum Gasteiger partial charge on any atom is 0.323 e. The minimum Gasteiger partial charge on any atom is -0.460 e. The van der Waals surface area contributed by atoms with Gasteiger partial charge in [-0.3, -0.25) is 5.43 Å². The zero-order valence-corrected chi connectivity index (χ0v) is 12.9. The molecular weight excluding hydrogens is 272 g/mol. The van der Waals surface area contributed by atoms with E-state index < -0.39 is 0 Å². The molecule has 0 amide bonds. The minimum absolute atomic E-state index is 0.0376. The predicted molar refractivity (Wildman–Crippen MR) is 80.2 cm³/mol. The van der Waals surface area contributed by atoms with Gasteiger partial charge in [0, 0.05) is 13.1 Å². The number of hydrazine groups is 1. The molecular formula is C13H24N6O2. The topological polar surface area (TPSA) is 98.4 Å². The summed E-state index contributed by atoms with van der Waals surface area (Å²) in [7, 11) is 0. The second kappa shape index (κ2) is 7.37. The Morgan fingerprint density at radius 1 is 1.24 bits per heavy atom. The summed E-state index contributed by atoms with van der Waals surface area (Å²) in [6.07, 6.45) is 0.972. The third-order valence-electron chi connectivity index (χ3n) is 3.14. The Hall–Kier alpha value is -1.67. The fraction of sp³-hybridized carbons (Fsp3) is 0.769. The predicted octanol–water partition coefficient (Wildman–Crippen LogP) is 0.807. The molecule has 0 spiro atoms. The summed E-state index contributed by atoms with van der Waals surface area (Å²) >= 11 is 0. The fourth-order valence-corrected chi connectivity index (χ4v) is 2.26. The quantitative estimate of drug-likeness (QED) is 0.588. The second-order valence-corrected chi connectivity index (χ2v) is 5.54. The van der Waals surface area contributed by atoms with Crippen LogP contribution >= 0.6 is 0 Å². The Labute approximate surface area is 125 Å². The van der Waals surface area contributed by atoms with Crippen molar-refractivity contribution in [1.29, 1.82) is 0 Å². The van der Waals surface area contributed by atoms with Crippen molar-refractivity contribution in [3.8, 4) is 6.01 Å². The highest BCUT2D eigenvalue weighted by atomic mass is 16.5. The monoisotopic (exact) mass is 296 g/mol. The first-order chi connectivity index (χ1) is 10.1. The maximum atomic E-state index is 5.78. The molecule has 2 heterocycles. The van der Waals surface area contributed by atoms with E-state index in [1.165, 1.54) is 0 Å². The van der Waals surface area contributed by atoms with E-state index in [0.29, 0.717) is 37.0 Å². The highest BCUT2D eigenvalue weighted by Crippen LogP contribution is 2.18. The number of nitrogen functional groups attached to an aromatic ring is 1. The summed E-state index contributed by atoms with van der Waals surface area (Å²) in [6, 6.07) is 0.299. The number of nitrogens with zero attached hydrogens (tertiary/aromatic N) is 4. The normalized spacial score (nSPS) is 16.9. The average Bonchev–Trinajstić information content (AvgIpc) is 2.46. The van der Waals surface area contributed by atoms with Crippen LogP contribution in [0.25, 0.3) is 0 Å². The van der Waals surface area contributed by atoms with Crippen LogP contribution in [-0.4, -0.2) is 47.4 Å². The molecule has 1 aliphatic heterocycles. The van der Waals surface area contributed by atoms with Crippen molar-refractivity contribution in [2.24, 2.45) is 11.8 Å². The van der Waals surface area contributed by atoms with Crippen molar-refractivity contribution in [3.63, 3.8) is 0 Å². The molecule has 2 rings (SSSR count). The Bertz CT molecular complexity index is 450. The average molecular weight is 296 g/mol. The molecule has 3 N–H and O–H groups in total. The molecule has 0 bridgehead atoms. The van der Waals surface area contributed by atoms with Gasteiger partial charge in [-0.05, 0) is 19.3 Å². The van der Waals surface area contributed by atoms with Gasteiger partial charge in [-0.15, -0.1) is 0 Å². The number of aromatic nitrogens is 3. The van der Waals surface area contributed by atoms with Gasteiger partial charge in [0.05, 0.1) is 19.3 Å². The molecule has 0 aromatic carbocycles. The van der Waals surface area contributed by atoms with Crippen LogP contribution in [0.4, 0.5) is 11.9 Å². The molecule has 8 heteroatoms. The van der Waals surface area contributed by atoms with Crippen molar-refractivity contribution in [1.82, 2.24) is 15.0 Å². The number of hydrogen-bond acceptors (Lipinski definition) is 8. The van der Waals surface area contributed by atoms with E-state index in [1.54, 1.807) is 0 Å². The summed E-state index contributed by atoms with van der Waals surface area (Å²) in [4.78, 5) is 14.8. The lowest BCUT2D eigenvalue weighted by molar-refractivity contribution is 0.121. The van der Waals surface area contributed by atoms with Crippen molar-refractivity contribution >= 4 is 11.9 Å². The SMILES string of the molecule is CC(C)CC(C)Oc1nc(NN)nc(N2CCOCC2)n1. The third kappa shape index (κ3) is 4.68. The molecule has 1 saturated heterocycles. The van der Waals surface area contributed by atoms with Gasteiger partial charge in [0.2, 0.25) is 11.9 Å². The Balaban J connectivity index is 2.12. The molecule has 1 aromatic rings. The number of hydrogen-bond donors (Lipinski definition) is 2. The van der Waals surface area contributed by atoms with Crippen molar-refractivity contribution in [3.05, 3.63) is 0 Å². The van der Waals surface area contributed by atoms with Crippen LogP contribution in [0.3, 0.4) is 0 Å². The van der Waals surface area contributed by atoms with Gasteiger partial charge in [-0.25, -0.2) is 5.84 Å². The van der Waals surface area contributed by atoms with Gasteiger partial charge in [-0.1, -0.05) is 13.8 Å². The largest absolute Gasteiger partial charge is 0.460 e. The van der Waals surface area contributed by atoms with Crippen LogP contribution < -0.4 is 20.9 Å². The molecule has 21 heavy (non-hydrogen) atoms. The highest BCUT2D eigenvalue weighted by Gasteiger charge is 2.18. The second-order valence-electron chi connectivity index (χ2n) is 5.54. The standard InChI is InChI=1S/C13H24N6O2/c1-9(2)8-10(3)21-13-16-11(18-14)15-12(17-13)19-4-6-20-7-5-19/h9-10H,4-8,14H2,1-3H3,(H,15,16,17,18). The summed E-state index contributed by atoms with van der Waals surface area (Å²) < 4.78 is 11.1. The number of nitrogens with two attached hydrogens (primary N) is 1. The van der Waals surface area contributed by atoms with E-state index in [9.17, 15) is 0 Å². The first kappa shape index (κ1) is 15.7. The number of anilines is 2. The lowest BCUT2D eigenvalue weighted by Gasteiger charge is -2.27. The molecule has 0 aliphatic carbocycles. The minimum atomic E-state index is 0.0376. The lowest BCUT2D eigenvalue weighted by Crippen LogP contribution is -2.37. The highest BCUT2D eigenvalue weighted by molar-refractivity contribution is 5.38. The molecule has 1 atom stereocenters. The van der Waals surface area contributed by atoms with Crippen molar-refractivity contribution in [2.45, 2.75) is 33.3 Å². The molecule has 1 fully saturated rings. The first-order valence-corrected chi connectivity index (χ1v) is 7.30. The van der Waals surface area contributed by atoms with E-state index in [1.807, 2.05) is 11.8 Å². The molecule has 0 saturated carbocycles. The van der Waals surface area contributed by atoms with Crippen LogP contribution in [0.15, 0.2) is 0 Å². The molecule has 118 valence electrons. The zero-order chi connectivity index (χ0) is 15.2. The van der Waals surface area contributed by atoms with Crippen LogP contribution in [-0.2, 0) is 4.74 Å². The molecule has 1 aromatic heterocycles. The smallest absolute Gasteiger partial charge is 0.323 e. The maximum absolute atomic E-state index is 5.78. The fourth-order valence-electron chi connectivity index (χ4n) is 2.26. The molecule has 1 unspecified atom stereocenters. The van der Waals surface area contributed by atoms with Gasteiger partial charge in [-0.2, -0.15) is 15.0 Å². The van der Waals surface area contributed by atoms with Gasteiger partial charge >= 0.3 is 6.01 Å². The van der Waals surface area contributed by atoms with Gasteiger partial charge < -0.3 is 14.4 Å². The number of rotatable bonds is 6. The van der Waals surface area contributed by atoms with E-state index in [0.717, 1.165) is 19.5 Å². The van der Waals surface area contributed by atoms with Gasteiger partial charge in [0.1, 0.15) is 0 Å².